The van der Waals surface area contributed by atoms with E-state index >= 15 is 0 Å². The zero-order valence-corrected chi connectivity index (χ0v) is 12.1. The molecule has 0 radical (unpaired) electrons. The van der Waals surface area contributed by atoms with E-state index in [0.29, 0.717) is 6.54 Å². The number of carbonyl (C=O) groups is 1. The molecule has 1 fully saturated rings. The van der Waals surface area contributed by atoms with Crippen molar-refractivity contribution in [1.82, 2.24) is 19.7 Å². The number of rotatable bonds is 1. The summed E-state index contributed by atoms with van der Waals surface area (Å²) in [5, 5.41) is 8.05. The maximum absolute atomic E-state index is 12.1. The Morgan fingerprint density at radius 1 is 1.47 bits per heavy atom. The summed E-state index contributed by atoms with van der Waals surface area (Å²) in [4.78, 5) is 13.8. The van der Waals surface area contributed by atoms with E-state index in [9.17, 15) is 4.79 Å². The van der Waals surface area contributed by atoms with Gasteiger partial charge >= 0.3 is 6.09 Å². The number of aromatic nitrogens is 3. The molecule has 106 valence electrons. The summed E-state index contributed by atoms with van der Waals surface area (Å²) in [6, 6.07) is 0. The van der Waals surface area contributed by atoms with Crippen LogP contribution >= 0.6 is 0 Å². The first-order chi connectivity index (χ1) is 8.87. The lowest BCUT2D eigenvalue weighted by Crippen LogP contribution is -2.42. The van der Waals surface area contributed by atoms with Crippen LogP contribution in [0.25, 0.3) is 0 Å². The zero-order chi connectivity index (χ0) is 14.0. The Morgan fingerprint density at radius 3 is 2.79 bits per heavy atom. The highest BCUT2D eigenvalue weighted by Gasteiger charge is 2.30. The van der Waals surface area contributed by atoms with Crippen LogP contribution in [0.4, 0.5) is 4.79 Å². The van der Waals surface area contributed by atoms with Crippen molar-refractivity contribution in [2.45, 2.75) is 45.1 Å². The van der Waals surface area contributed by atoms with Crippen LogP contribution in [0.15, 0.2) is 6.33 Å². The summed E-state index contributed by atoms with van der Waals surface area (Å²) in [5.41, 5.74) is -0.450. The molecule has 1 aromatic rings. The van der Waals surface area contributed by atoms with E-state index in [4.69, 9.17) is 4.74 Å². The topological polar surface area (TPSA) is 60.2 Å². The predicted octanol–water partition coefficient (Wildman–Crippen LogP) is 1.93. The van der Waals surface area contributed by atoms with E-state index in [1.807, 2.05) is 32.4 Å². The van der Waals surface area contributed by atoms with Gasteiger partial charge in [0.05, 0.1) is 0 Å². The summed E-state index contributed by atoms with van der Waals surface area (Å²) >= 11 is 0. The maximum Gasteiger partial charge on any atom is 0.410 e. The van der Waals surface area contributed by atoms with Crippen LogP contribution in [0.5, 0.6) is 0 Å². The fourth-order valence-corrected chi connectivity index (χ4v) is 2.34. The molecule has 1 aliphatic rings. The highest BCUT2D eigenvalue weighted by atomic mass is 16.6. The van der Waals surface area contributed by atoms with Crippen LogP contribution in [0, 0.1) is 0 Å². The zero-order valence-electron chi connectivity index (χ0n) is 12.1. The number of ether oxygens (including phenoxy) is 1. The number of nitrogens with zero attached hydrogens (tertiary/aromatic N) is 4. The van der Waals surface area contributed by atoms with Gasteiger partial charge in [0.15, 0.2) is 0 Å². The first-order valence-corrected chi connectivity index (χ1v) is 6.68. The molecule has 6 heteroatoms. The van der Waals surface area contributed by atoms with Crippen molar-refractivity contribution in [1.29, 1.82) is 0 Å². The number of carbonyl (C=O) groups excluding carboxylic acids is 1. The van der Waals surface area contributed by atoms with Gasteiger partial charge in [-0.25, -0.2) is 4.79 Å². The minimum absolute atomic E-state index is 0.237. The van der Waals surface area contributed by atoms with Crippen LogP contribution in [0.3, 0.4) is 0 Å². The van der Waals surface area contributed by atoms with E-state index in [-0.39, 0.29) is 12.0 Å². The van der Waals surface area contributed by atoms with Gasteiger partial charge in [-0.3, -0.25) is 0 Å². The fourth-order valence-electron chi connectivity index (χ4n) is 2.34. The van der Waals surface area contributed by atoms with Crippen molar-refractivity contribution in [3.05, 3.63) is 12.2 Å². The van der Waals surface area contributed by atoms with Crippen LogP contribution in [0.2, 0.25) is 0 Å². The predicted molar refractivity (Wildman–Crippen MR) is 70.8 cm³/mol. The summed E-state index contributed by atoms with van der Waals surface area (Å²) in [5.74, 6) is 1.18. The fraction of sp³-hybridized carbons (Fsp3) is 0.769. The molecule has 1 atom stereocenters. The van der Waals surface area contributed by atoms with Gasteiger partial charge in [0.1, 0.15) is 17.8 Å². The Morgan fingerprint density at radius 2 is 2.21 bits per heavy atom. The lowest BCUT2D eigenvalue weighted by molar-refractivity contribution is 0.0195. The second kappa shape index (κ2) is 5.19. The maximum atomic E-state index is 12.1. The molecule has 1 amide bonds. The molecule has 0 aromatic carbocycles. The molecule has 0 aliphatic carbocycles. The highest BCUT2D eigenvalue weighted by molar-refractivity contribution is 5.68. The molecule has 19 heavy (non-hydrogen) atoms. The number of likely N-dealkylation sites (tertiary alicyclic amines) is 1. The van der Waals surface area contributed by atoms with Crippen LogP contribution in [-0.4, -0.2) is 44.4 Å². The Bertz CT molecular complexity index is 450. The van der Waals surface area contributed by atoms with E-state index in [0.717, 1.165) is 25.2 Å². The smallest absolute Gasteiger partial charge is 0.410 e. The number of amides is 1. The third kappa shape index (κ3) is 3.45. The number of hydrogen-bond acceptors (Lipinski definition) is 4. The van der Waals surface area contributed by atoms with Crippen LogP contribution in [0.1, 0.15) is 45.4 Å². The summed E-state index contributed by atoms with van der Waals surface area (Å²) in [6.07, 6.45) is 3.46. The average molecular weight is 266 g/mol. The van der Waals surface area contributed by atoms with Gasteiger partial charge in [-0.15, -0.1) is 10.2 Å². The third-order valence-corrected chi connectivity index (χ3v) is 3.18. The highest BCUT2D eigenvalue weighted by Crippen LogP contribution is 2.26. The Balaban J connectivity index is 2.01. The molecule has 0 unspecified atom stereocenters. The van der Waals surface area contributed by atoms with Gasteiger partial charge in [0.25, 0.3) is 0 Å². The minimum Gasteiger partial charge on any atom is -0.444 e. The summed E-state index contributed by atoms with van der Waals surface area (Å²) in [7, 11) is 1.93. The summed E-state index contributed by atoms with van der Waals surface area (Å²) < 4.78 is 7.34. The number of hydrogen-bond donors (Lipinski definition) is 0. The van der Waals surface area contributed by atoms with Crippen molar-refractivity contribution in [2.75, 3.05) is 13.1 Å². The molecule has 0 spiro atoms. The second-order valence-electron chi connectivity index (χ2n) is 6.07. The van der Waals surface area contributed by atoms with Gasteiger partial charge in [0.2, 0.25) is 0 Å². The molecule has 0 bridgehead atoms. The van der Waals surface area contributed by atoms with E-state index in [1.165, 1.54) is 0 Å². The van der Waals surface area contributed by atoms with E-state index in [2.05, 4.69) is 10.2 Å². The molecular weight excluding hydrogens is 244 g/mol. The first kappa shape index (κ1) is 13.8. The van der Waals surface area contributed by atoms with Crippen LogP contribution in [-0.2, 0) is 11.8 Å². The largest absolute Gasteiger partial charge is 0.444 e. The number of piperidine rings is 1. The molecule has 1 aromatic heterocycles. The van der Waals surface area contributed by atoms with Crippen molar-refractivity contribution < 1.29 is 9.53 Å². The third-order valence-electron chi connectivity index (χ3n) is 3.18. The Kier molecular flexibility index (Phi) is 3.78. The SMILES string of the molecule is Cn1cnnc1[C@H]1CCCN(C(=O)OC(C)(C)C)C1. The molecule has 2 heterocycles. The monoisotopic (exact) mass is 266 g/mol. The van der Waals surface area contributed by atoms with Crippen molar-refractivity contribution in [3.63, 3.8) is 0 Å². The Labute approximate surface area is 113 Å². The molecule has 6 nitrogen and oxygen atoms in total. The Hall–Kier alpha value is -1.59. The quantitative estimate of drug-likeness (QED) is 0.779. The van der Waals surface area contributed by atoms with Gasteiger partial charge in [-0.1, -0.05) is 0 Å². The molecule has 1 saturated heterocycles. The molecule has 0 N–H and O–H groups in total. The van der Waals surface area contributed by atoms with Crippen molar-refractivity contribution in [2.24, 2.45) is 7.05 Å². The van der Waals surface area contributed by atoms with Gasteiger partial charge in [-0.2, -0.15) is 0 Å². The molecular formula is C13H22N4O2. The molecule has 2 rings (SSSR count). The lowest BCUT2D eigenvalue weighted by atomic mass is 9.97. The lowest BCUT2D eigenvalue weighted by Gasteiger charge is -2.33. The van der Waals surface area contributed by atoms with Crippen molar-refractivity contribution >= 4 is 6.09 Å². The normalized spacial score (nSPS) is 20.4. The van der Waals surface area contributed by atoms with E-state index in [1.54, 1.807) is 11.2 Å². The minimum atomic E-state index is -0.450. The van der Waals surface area contributed by atoms with Gasteiger partial charge < -0.3 is 14.2 Å². The van der Waals surface area contributed by atoms with E-state index < -0.39 is 5.60 Å². The first-order valence-electron chi connectivity index (χ1n) is 6.68. The average Bonchev–Trinajstić information content (AvgIpc) is 2.73. The standard InChI is InChI=1S/C13H22N4O2/c1-13(2,3)19-12(18)17-7-5-6-10(8-17)11-15-14-9-16(11)4/h9-10H,5-8H2,1-4H3/t10-/m0/s1. The van der Waals surface area contributed by atoms with Gasteiger partial charge in [-0.05, 0) is 33.6 Å². The molecule has 0 saturated carbocycles. The van der Waals surface area contributed by atoms with Gasteiger partial charge in [0, 0.05) is 26.1 Å². The number of aryl methyl sites for hydroxylation is 1. The van der Waals surface area contributed by atoms with Crippen LogP contribution < -0.4 is 0 Å². The molecule has 1 aliphatic heterocycles. The second-order valence-corrected chi connectivity index (χ2v) is 6.07. The van der Waals surface area contributed by atoms with Crippen molar-refractivity contribution in [3.8, 4) is 0 Å². The summed E-state index contributed by atoms with van der Waals surface area (Å²) in [6.45, 7) is 7.06.